The Bertz CT molecular complexity index is 1140. The van der Waals surface area contributed by atoms with Gasteiger partial charge in [0.25, 0.3) is 0 Å². The summed E-state index contributed by atoms with van der Waals surface area (Å²) >= 11 is 3.36. The number of rotatable bonds is 8. The van der Waals surface area contributed by atoms with Crippen molar-refractivity contribution in [3.05, 3.63) is 66.0 Å². The lowest BCUT2D eigenvalue weighted by Gasteiger charge is -2.36. The summed E-state index contributed by atoms with van der Waals surface area (Å²) in [5, 5.41) is 22.1. The van der Waals surface area contributed by atoms with Gasteiger partial charge < -0.3 is 14.9 Å². The number of thiazole rings is 1. The van der Waals surface area contributed by atoms with Gasteiger partial charge in [0.15, 0.2) is 0 Å². The van der Waals surface area contributed by atoms with E-state index in [1.807, 2.05) is 24.6 Å². The van der Waals surface area contributed by atoms with Gasteiger partial charge in [-0.3, -0.25) is 4.99 Å². The SMILES string of the molecule is C=CC(C/C=C/c1nc(C2=CN=CC(C3(O)CCCOCCC3)S2)sc1-c1ccccc1)C1CC(O)C1. The number of aliphatic hydroxyl groups is 2. The van der Waals surface area contributed by atoms with Crippen molar-refractivity contribution in [2.45, 2.75) is 61.9 Å². The number of allylic oxidation sites excluding steroid dienone is 2. The minimum atomic E-state index is -0.783. The largest absolute Gasteiger partial charge is 0.393 e. The molecule has 0 spiro atoms. The maximum absolute atomic E-state index is 11.5. The van der Waals surface area contributed by atoms with Crippen LogP contribution in [-0.2, 0) is 4.74 Å². The molecule has 3 heterocycles. The van der Waals surface area contributed by atoms with Crippen LogP contribution in [0, 0.1) is 11.8 Å². The summed E-state index contributed by atoms with van der Waals surface area (Å²) in [7, 11) is 0. The first-order chi connectivity index (χ1) is 18.1. The summed E-state index contributed by atoms with van der Waals surface area (Å²) in [6, 6.07) is 10.4. The Hall–Kier alpha value is -2.03. The van der Waals surface area contributed by atoms with Gasteiger partial charge in [0, 0.05) is 25.6 Å². The van der Waals surface area contributed by atoms with E-state index in [1.165, 1.54) is 0 Å². The van der Waals surface area contributed by atoms with Crippen LogP contribution in [0.15, 0.2) is 60.3 Å². The normalized spacial score (nSPS) is 26.6. The van der Waals surface area contributed by atoms with Gasteiger partial charge in [0.1, 0.15) is 5.01 Å². The number of aliphatic hydroxyl groups excluding tert-OH is 1. The highest BCUT2D eigenvalue weighted by Crippen LogP contribution is 2.44. The molecule has 37 heavy (non-hydrogen) atoms. The molecule has 2 aliphatic heterocycles. The fourth-order valence-corrected chi connectivity index (χ4v) is 7.72. The highest BCUT2D eigenvalue weighted by atomic mass is 32.2. The molecular formula is C30H36N2O3S2. The minimum absolute atomic E-state index is 0.0974. The predicted octanol–water partition coefficient (Wildman–Crippen LogP) is 6.59. The van der Waals surface area contributed by atoms with E-state index in [1.54, 1.807) is 23.1 Å². The van der Waals surface area contributed by atoms with E-state index in [-0.39, 0.29) is 11.4 Å². The first-order valence-corrected chi connectivity index (χ1v) is 15.0. The van der Waals surface area contributed by atoms with Crippen LogP contribution in [0.2, 0.25) is 0 Å². The Morgan fingerprint density at radius 1 is 1.16 bits per heavy atom. The number of thioether (sulfide) groups is 1. The van der Waals surface area contributed by atoms with Crippen LogP contribution < -0.4 is 0 Å². The lowest BCUT2D eigenvalue weighted by atomic mass is 9.72. The van der Waals surface area contributed by atoms with Crippen LogP contribution in [0.5, 0.6) is 0 Å². The molecule has 196 valence electrons. The van der Waals surface area contributed by atoms with Gasteiger partial charge in [-0.05, 0) is 68.4 Å². The third-order valence-electron chi connectivity index (χ3n) is 7.64. The van der Waals surface area contributed by atoms with Crippen LogP contribution in [0.1, 0.15) is 55.6 Å². The van der Waals surface area contributed by atoms with Gasteiger partial charge in [-0.1, -0.05) is 42.5 Å². The summed E-state index contributed by atoms with van der Waals surface area (Å²) in [5.41, 5.74) is 1.32. The van der Waals surface area contributed by atoms with E-state index < -0.39 is 5.60 Å². The molecule has 7 heteroatoms. The van der Waals surface area contributed by atoms with Crippen molar-refractivity contribution in [1.82, 2.24) is 4.98 Å². The Morgan fingerprint density at radius 3 is 2.62 bits per heavy atom. The third-order valence-corrected chi connectivity index (χ3v) is 10.3. The molecular weight excluding hydrogens is 500 g/mol. The van der Waals surface area contributed by atoms with Crippen LogP contribution in [-0.4, -0.2) is 51.6 Å². The molecule has 2 unspecified atom stereocenters. The maximum atomic E-state index is 11.5. The Labute approximate surface area is 228 Å². The highest BCUT2D eigenvalue weighted by Gasteiger charge is 2.38. The monoisotopic (exact) mass is 536 g/mol. The van der Waals surface area contributed by atoms with Gasteiger partial charge in [0.2, 0.25) is 0 Å². The summed E-state index contributed by atoms with van der Waals surface area (Å²) < 4.78 is 5.59. The summed E-state index contributed by atoms with van der Waals surface area (Å²) in [6.45, 7) is 5.44. The second-order valence-electron chi connectivity index (χ2n) is 10.3. The highest BCUT2D eigenvalue weighted by molar-refractivity contribution is 8.09. The quantitative estimate of drug-likeness (QED) is 0.372. The van der Waals surface area contributed by atoms with Crippen LogP contribution in [0.4, 0.5) is 0 Å². The zero-order chi connectivity index (χ0) is 25.7. The average Bonchev–Trinajstić information content (AvgIpc) is 3.32. The molecule has 0 amide bonds. The third kappa shape index (κ3) is 6.35. The fraction of sp³-hybridized carbons (Fsp3) is 0.467. The molecule has 1 saturated heterocycles. The van der Waals surface area contributed by atoms with E-state index in [2.05, 4.69) is 48.0 Å². The van der Waals surface area contributed by atoms with Crippen LogP contribution >= 0.6 is 23.1 Å². The van der Waals surface area contributed by atoms with Gasteiger partial charge >= 0.3 is 0 Å². The molecule has 2 atom stereocenters. The first-order valence-electron chi connectivity index (χ1n) is 13.3. The maximum Gasteiger partial charge on any atom is 0.132 e. The minimum Gasteiger partial charge on any atom is -0.393 e. The second-order valence-corrected chi connectivity index (χ2v) is 12.5. The number of aromatic nitrogens is 1. The van der Waals surface area contributed by atoms with Crippen molar-refractivity contribution >= 4 is 40.3 Å². The second kappa shape index (κ2) is 12.2. The number of benzene rings is 1. The van der Waals surface area contributed by atoms with E-state index in [4.69, 9.17) is 9.72 Å². The lowest BCUT2D eigenvalue weighted by Crippen LogP contribution is -2.43. The van der Waals surface area contributed by atoms with Crippen LogP contribution in [0.25, 0.3) is 21.4 Å². The summed E-state index contributed by atoms with van der Waals surface area (Å²) in [4.78, 5) is 11.8. The van der Waals surface area contributed by atoms with E-state index in [0.29, 0.717) is 37.9 Å². The zero-order valence-electron chi connectivity index (χ0n) is 21.2. The number of hydrogen-bond acceptors (Lipinski definition) is 7. The topological polar surface area (TPSA) is 74.9 Å². The smallest absolute Gasteiger partial charge is 0.132 e. The number of aliphatic imine (C=N–C) groups is 1. The molecule has 1 aliphatic carbocycles. The van der Waals surface area contributed by atoms with E-state index in [0.717, 1.165) is 58.2 Å². The molecule has 2 N–H and O–H groups in total. The van der Waals surface area contributed by atoms with Crippen molar-refractivity contribution in [2.75, 3.05) is 13.2 Å². The number of ether oxygens (including phenoxy) is 1. The number of hydrogen-bond donors (Lipinski definition) is 2. The van der Waals surface area contributed by atoms with Crippen LogP contribution in [0.3, 0.4) is 0 Å². The van der Waals surface area contributed by atoms with E-state index >= 15 is 0 Å². The molecule has 0 bridgehead atoms. The van der Waals surface area contributed by atoms with Gasteiger partial charge in [-0.25, -0.2) is 4.98 Å². The number of nitrogens with zero attached hydrogens (tertiary/aromatic N) is 2. The molecule has 2 fully saturated rings. The first kappa shape index (κ1) is 26.6. The molecule has 2 aromatic rings. The van der Waals surface area contributed by atoms with Crippen molar-refractivity contribution < 1.29 is 14.9 Å². The Kier molecular flexibility index (Phi) is 8.78. The van der Waals surface area contributed by atoms with Gasteiger partial charge in [-0.15, -0.1) is 29.7 Å². The molecule has 1 aromatic heterocycles. The van der Waals surface area contributed by atoms with Crippen molar-refractivity contribution in [3.8, 4) is 10.4 Å². The van der Waals surface area contributed by atoms with Gasteiger partial charge in [-0.2, -0.15) is 0 Å². The van der Waals surface area contributed by atoms with Gasteiger partial charge in [0.05, 0.1) is 32.4 Å². The molecule has 3 aliphatic rings. The van der Waals surface area contributed by atoms with E-state index in [9.17, 15) is 10.2 Å². The molecule has 1 aromatic carbocycles. The Morgan fingerprint density at radius 2 is 1.92 bits per heavy atom. The predicted molar refractivity (Wildman–Crippen MR) is 156 cm³/mol. The standard InChI is InChI=1S/C30H36N2O3S2/c1-2-21(23-17-24(33)18-23)11-6-12-25-28(22-9-4-3-5-10-22)37-29(32-25)26-19-31-20-27(36-26)30(34)13-7-15-35-16-8-14-30/h2-6,9-10,12,19-21,23-24,27,33-34H,1,7-8,11,13-18H2/b12-6+. The summed E-state index contributed by atoms with van der Waals surface area (Å²) in [6.07, 6.45) is 15.8. The molecule has 5 rings (SSSR count). The lowest BCUT2D eigenvalue weighted by molar-refractivity contribution is -0.00317. The Balaban J connectivity index is 1.36. The van der Waals surface area contributed by atoms with Crippen molar-refractivity contribution in [2.24, 2.45) is 16.8 Å². The zero-order valence-corrected chi connectivity index (χ0v) is 22.8. The molecule has 5 nitrogen and oxygen atoms in total. The van der Waals surface area contributed by atoms with Crippen molar-refractivity contribution in [1.29, 1.82) is 0 Å². The van der Waals surface area contributed by atoms with Crippen molar-refractivity contribution in [3.63, 3.8) is 0 Å². The summed E-state index contributed by atoms with van der Waals surface area (Å²) in [5.74, 6) is 0.889. The average molecular weight is 537 g/mol. The fourth-order valence-electron chi connectivity index (χ4n) is 5.36. The molecule has 1 saturated carbocycles. The molecule has 0 radical (unpaired) electrons.